The summed E-state index contributed by atoms with van der Waals surface area (Å²) in [7, 11) is 3.29. The van der Waals surface area contributed by atoms with E-state index in [0.717, 1.165) is 11.3 Å². The summed E-state index contributed by atoms with van der Waals surface area (Å²) in [6, 6.07) is 9.10. The Hall–Kier alpha value is -2.89. The van der Waals surface area contributed by atoms with E-state index in [0.29, 0.717) is 23.0 Å². The van der Waals surface area contributed by atoms with Gasteiger partial charge in [-0.15, -0.1) is 5.10 Å². The number of phenols is 1. The molecular formula is C16H16N4O2. The summed E-state index contributed by atoms with van der Waals surface area (Å²) in [5.74, 6) is 1.52. The maximum Gasteiger partial charge on any atom is 0.200 e. The van der Waals surface area contributed by atoms with Crippen molar-refractivity contribution in [3.63, 3.8) is 0 Å². The molecule has 0 aliphatic rings. The molecule has 0 saturated heterocycles. The third-order valence-corrected chi connectivity index (χ3v) is 3.44. The van der Waals surface area contributed by atoms with E-state index in [1.165, 1.54) is 7.11 Å². The van der Waals surface area contributed by atoms with Crippen LogP contribution in [0.3, 0.4) is 0 Å². The molecular weight excluding hydrogens is 280 g/mol. The minimum atomic E-state index is 0.0461. The number of hydrogen-bond donors (Lipinski definition) is 1. The van der Waals surface area contributed by atoms with E-state index < -0.39 is 0 Å². The number of methoxy groups -OCH3 is 1. The van der Waals surface area contributed by atoms with Crippen LogP contribution in [0.4, 0.5) is 0 Å². The second-order valence-corrected chi connectivity index (χ2v) is 4.91. The summed E-state index contributed by atoms with van der Waals surface area (Å²) in [4.78, 5) is 8.85. The fourth-order valence-electron chi connectivity index (χ4n) is 2.31. The van der Waals surface area contributed by atoms with Gasteiger partial charge in [-0.25, -0.2) is 9.67 Å². The number of aromatic hydroxyl groups is 1. The molecule has 3 aromatic rings. The van der Waals surface area contributed by atoms with Gasteiger partial charge in [-0.2, -0.15) is 0 Å². The molecule has 0 fully saturated rings. The van der Waals surface area contributed by atoms with Gasteiger partial charge in [0, 0.05) is 13.2 Å². The lowest BCUT2D eigenvalue weighted by Gasteiger charge is -2.07. The van der Waals surface area contributed by atoms with Crippen molar-refractivity contribution >= 4 is 0 Å². The summed E-state index contributed by atoms with van der Waals surface area (Å²) in [6.45, 7) is 1.96. The van der Waals surface area contributed by atoms with Crippen molar-refractivity contribution in [1.82, 2.24) is 19.7 Å². The normalized spacial score (nSPS) is 10.7. The van der Waals surface area contributed by atoms with E-state index in [4.69, 9.17) is 4.74 Å². The molecule has 1 aromatic carbocycles. The number of pyridine rings is 1. The third-order valence-electron chi connectivity index (χ3n) is 3.44. The zero-order valence-corrected chi connectivity index (χ0v) is 12.6. The van der Waals surface area contributed by atoms with Crippen LogP contribution in [0.15, 0.2) is 36.5 Å². The van der Waals surface area contributed by atoms with Crippen molar-refractivity contribution in [3.8, 4) is 34.4 Å². The SMILES string of the molecule is COc1cccc(-c2nc(-c3ncccc3C)nn2C)c1O. The quantitative estimate of drug-likeness (QED) is 0.804. The molecule has 0 spiro atoms. The Labute approximate surface area is 128 Å². The first kappa shape index (κ1) is 14.1. The molecule has 0 atom stereocenters. The second-order valence-electron chi connectivity index (χ2n) is 4.91. The van der Waals surface area contributed by atoms with Crippen LogP contribution < -0.4 is 4.74 Å². The molecule has 0 unspecified atom stereocenters. The maximum atomic E-state index is 10.3. The Balaban J connectivity index is 2.13. The summed E-state index contributed by atoms with van der Waals surface area (Å²) in [5.41, 5.74) is 2.29. The van der Waals surface area contributed by atoms with Crippen LogP contribution in [0.25, 0.3) is 22.9 Å². The lowest BCUT2D eigenvalue weighted by Crippen LogP contribution is -1.96. The van der Waals surface area contributed by atoms with Gasteiger partial charge in [0.15, 0.2) is 17.3 Å². The Morgan fingerprint density at radius 2 is 2.00 bits per heavy atom. The minimum Gasteiger partial charge on any atom is -0.504 e. The molecule has 0 saturated carbocycles. The maximum absolute atomic E-state index is 10.3. The lowest BCUT2D eigenvalue weighted by molar-refractivity contribution is 0.374. The Bertz CT molecular complexity index is 827. The van der Waals surface area contributed by atoms with Crippen LogP contribution in [0.1, 0.15) is 5.56 Å². The van der Waals surface area contributed by atoms with Gasteiger partial charge in [0.25, 0.3) is 0 Å². The van der Waals surface area contributed by atoms with Gasteiger partial charge in [0.05, 0.1) is 12.7 Å². The zero-order chi connectivity index (χ0) is 15.7. The molecule has 6 nitrogen and oxygen atoms in total. The Morgan fingerprint density at radius 3 is 2.73 bits per heavy atom. The molecule has 2 aromatic heterocycles. The first-order valence-corrected chi connectivity index (χ1v) is 6.81. The largest absolute Gasteiger partial charge is 0.504 e. The molecule has 0 bridgehead atoms. The van der Waals surface area contributed by atoms with Crippen LogP contribution in [0, 0.1) is 6.92 Å². The smallest absolute Gasteiger partial charge is 0.200 e. The van der Waals surface area contributed by atoms with Crippen molar-refractivity contribution in [3.05, 3.63) is 42.1 Å². The van der Waals surface area contributed by atoms with E-state index in [1.54, 1.807) is 36.1 Å². The molecule has 1 N–H and O–H groups in total. The number of hydrogen-bond acceptors (Lipinski definition) is 5. The Morgan fingerprint density at radius 1 is 1.18 bits per heavy atom. The highest BCUT2D eigenvalue weighted by Crippen LogP contribution is 2.36. The van der Waals surface area contributed by atoms with Crippen molar-refractivity contribution < 1.29 is 9.84 Å². The fourth-order valence-corrected chi connectivity index (χ4v) is 2.31. The molecule has 0 amide bonds. The van der Waals surface area contributed by atoms with Gasteiger partial charge in [0.1, 0.15) is 5.69 Å². The summed E-state index contributed by atoms with van der Waals surface area (Å²) in [6.07, 6.45) is 1.71. The number of nitrogens with zero attached hydrogens (tertiary/aromatic N) is 4. The van der Waals surface area contributed by atoms with E-state index in [-0.39, 0.29) is 5.75 Å². The lowest BCUT2D eigenvalue weighted by atomic mass is 10.1. The van der Waals surface area contributed by atoms with Crippen LogP contribution >= 0.6 is 0 Å². The molecule has 0 radical (unpaired) electrons. The predicted octanol–water partition coefficient (Wildman–Crippen LogP) is 2.57. The highest BCUT2D eigenvalue weighted by Gasteiger charge is 2.17. The summed E-state index contributed by atoms with van der Waals surface area (Å²) in [5, 5.41) is 14.7. The van der Waals surface area contributed by atoms with Crippen molar-refractivity contribution in [1.29, 1.82) is 0 Å². The van der Waals surface area contributed by atoms with E-state index in [1.807, 2.05) is 19.1 Å². The van der Waals surface area contributed by atoms with E-state index in [2.05, 4.69) is 15.1 Å². The van der Waals surface area contributed by atoms with Crippen molar-refractivity contribution in [2.24, 2.45) is 7.05 Å². The van der Waals surface area contributed by atoms with Gasteiger partial charge in [-0.3, -0.25) is 4.98 Å². The number of phenolic OH excluding ortho intramolecular Hbond substituents is 1. The highest BCUT2D eigenvalue weighted by molar-refractivity contribution is 5.70. The Kier molecular flexibility index (Phi) is 3.50. The molecule has 22 heavy (non-hydrogen) atoms. The number of rotatable bonds is 3. The first-order valence-electron chi connectivity index (χ1n) is 6.81. The average molecular weight is 296 g/mol. The number of para-hydroxylation sites is 1. The predicted molar refractivity (Wildman–Crippen MR) is 82.6 cm³/mol. The number of aryl methyl sites for hydroxylation is 2. The van der Waals surface area contributed by atoms with Crippen LogP contribution in [-0.2, 0) is 7.05 Å². The highest BCUT2D eigenvalue weighted by atomic mass is 16.5. The van der Waals surface area contributed by atoms with Gasteiger partial charge >= 0.3 is 0 Å². The average Bonchev–Trinajstić information content (AvgIpc) is 2.89. The van der Waals surface area contributed by atoms with Gasteiger partial charge < -0.3 is 9.84 Å². The zero-order valence-electron chi connectivity index (χ0n) is 12.6. The van der Waals surface area contributed by atoms with Crippen LogP contribution in [0.5, 0.6) is 11.5 Å². The standard InChI is InChI=1S/C16H16N4O2/c1-10-6-5-9-17-13(10)15-18-16(20(2)19-15)11-7-4-8-12(22-3)14(11)21/h4-9,21H,1-3H3. The van der Waals surface area contributed by atoms with Gasteiger partial charge in [0.2, 0.25) is 5.82 Å². The molecule has 3 rings (SSSR count). The first-order chi connectivity index (χ1) is 10.6. The summed E-state index contributed by atoms with van der Waals surface area (Å²) < 4.78 is 6.76. The number of benzene rings is 1. The van der Waals surface area contributed by atoms with Crippen molar-refractivity contribution in [2.45, 2.75) is 6.92 Å². The number of aromatic nitrogens is 4. The molecule has 0 aliphatic heterocycles. The van der Waals surface area contributed by atoms with Gasteiger partial charge in [-0.1, -0.05) is 12.1 Å². The summed E-state index contributed by atoms with van der Waals surface area (Å²) >= 11 is 0. The molecule has 0 aliphatic carbocycles. The molecule has 2 heterocycles. The van der Waals surface area contributed by atoms with Crippen molar-refractivity contribution in [2.75, 3.05) is 7.11 Å². The van der Waals surface area contributed by atoms with E-state index >= 15 is 0 Å². The molecule has 6 heteroatoms. The third kappa shape index (κ3) is 2.28. The van der Waals surface area contributed by atoms with Crippen LogP contribution in [-0.4, -0.2) is 32.0 Å². The van der Waals surface area contributed by atoms with E-state index in [9.17, 15) is 5.11 Å². The second kappa shape index (κ2) is 5.48. The fraction of sp³-hybridized carbons (Fsp3) is 0.188. The van der Waals surface area contributed by atoms with Crippen LogP contribution in [0.2, 0.25) is 0 Å². The topological polar surface area (TPSA) is 73.1 Å². The molecule has 112 valence electrons. The number of ether oxygens (including phenoxy) is 1. The van der Waals surface area contributed by atoms with Gasteiger partial charge in [-0.05, 0) is 30.7 Å². The minimum absolute atomic E-state index is 0.0461. The monoisotopic (exact) mass is 296 g/mol.